The third-order valence-electron chi connectivity index (χ3n) is 9.90. The summed E-state index contributed by atoms with van der Waals surface area (Å²) in [7, 11) is 0. The third kappa shape index (κ3) is 2.50. The monoisotopic (exact) mass is 461 g/mol. The van der Waals surface area contributed by atoms with Gasteiger partial charge in [-0.1, -0.05) is 31.2 Å². The van der Waals surface area contributed by atoms with E-state index in [0.717, 1.165) is 34.8 Å². The van der Waals surface area contributed by atoms with Crippen molar-refractivity contribution in [1.29, 1.82) is 0 Å². The molecule has 0 radical (unpaired) electrons. The van der Waals surface area contributed by atoms with Crippen molar-refractivity contribution in [2.75, 3.05) is 0 Å². The maximum Gasteiger partial charge on any atom is 0.110 e. The predicted molar refractivity (Wildman–Crippen MR) is 126 cm³/mol. The molecule has 1 saturated heterocycles. The number of pyridine rings is 1. The molecule has 3 fully saturated rings. The lowest BCUT2D eigenvalue weighted by Crippen LogP contribution is -2.59. The molecule has 178 valence electrons. The fourth-order valence-corrected chi connectivity index (χ4v) is 8.34. The molecule has 3 aliphatic carbocycles. The van der Waals surface area contributed by atoms with Crippen LogP contribution in [0, 0.1) is 11.3 Å². The molecule has 4 N–H and O–H groups in total. The minimum Gasteiger partial charge on any atom is -0.392 e. The average Bonchev–Trinajstić information content (AvgIpc) is 3.29. The highest BCUT2D eigenvalue weighted by Crippen LogP contribution is 2.69. The Bertz CT molecular complexity index is 1260. The maximum atomic E-state index is 11.5. The van der Waals surface area contributed by atoms with Crippen LogP contribution in [-0.2, 0) is 4.74 Å². The van der Waals surface area contributed by atoms with Gasteiger partial charge < -0.3 is 25.2 Å². The summed E-state index contributed by atoms with van der Waals surface area (Å²) in [6.45, 7) is 2.29. The number of ether oxygens (including phenoxy) is 1. The molecule has 2 saturated carbocycles. The largest absolute Gasteiger partial charge is 0.392 e. The van der Waals surface area contributed by atoms with Crippen LogP contribution in [0.25, 0.3) is 10.8 Å². The zero-order valence-corrected chi connectivity index (χ0v) is 19.3. The molecule has 1 aromatic heterocycles. The van der Waals surface area contributed by atoms with E-state index in [1.807, 2.05) is 18.3 Å². The number of fused-ring (bicyclic) bond motifs is 2. The number of hydrogen-bond acceptors (Lipinski definition) is 6. The average molecular weight is 462 g/mol. The molecule has 2 aromatic rings. The van der Waals surface area contributed by atoms with Gasteiger partial charge in [0, 0.05) is 36.0 Å². The molecule has 2 aliphatic heterocycles. The van der Waals surface area contributed by atoms with Crippen LogP contribution in [0.5, 0.6) is 0 Å². The second-order valence-corrected chi connectivity index (χ2v) is 11.5. The van der Waals surface area contributed by atoms with Crippen molar-refractivity contribution in [2.45, 2.75) is 80.6 Å². The Kier molecular flexibility index (Phi) is 4.22. The third-order valence-corrected chi connectivity index (χ3v) is 9.90. The van der Waals surface area contributed by atoms with E-state index in [4.69, 9.17) is 4.74 Å². The SMILES string of the molecule is C[C@]12CC=C3C=C4[C@@H](O)[C@@H](O)[C@@H](O)C[C@]45CCC3(O5)[C@@H]1C[C@@H](O)C2c1ccc2ccncc2c1. The van der Waals surface area contributed by atoms with E-state index in [2.05, 4.69) is 36.2 Å². The van der Waals surface area contributed by atoms with E-state index in [9.17, 15) is 20.4 Å². The molecule has 3 heterocycles. The van der Waals surface area contributed by atoms with Crippen LogP contribution >= 0.6 is 0 Å². The summed E-state index contributed by atoms with van der Waals surface area (Å²) in [5.74, 6) is 0.0899. The lowest BCUT2D eigenvalue weighted by molar-refractivity contribution is -0.176. The molecule has 7 rings (SSSR count). The van der Waals surface area contributed by atoms with Gasteiger partial charge in [-0.3, -0.25) is 4.98 Å². The lowest BCUT2D eigenvalue weighted by atomic mass is 9.58. The molecule has 2 bridgehead atoms. The number of aromatic nitrogens is 1. The Morgan fingerprint density at radius 1 is 1.03 bits per heavy atom. The normalized spacial score (nSPS) is 47.0. The first-order valence-corrected chi connectivity index (χ1v) is 12.5. The summed E-state index contributed by atoms with van der Waals surface area (Å²) in [6, 6.07) is 8.44. The molecule has 34 heavy (non-hydrogen) atoms. The fraction of sp³-hybridized carbons (Fsp3) is 0.536. The standard InChI is InChI=1S/C28H31NO5/c1-26-6-4-18-11-19-24(32)25(33)21(31)13-27(19)7-8-28(18,34-27)22(26)12-20(30)23(26)16-3-2-15-5-9-29-14-17(15)10-16/h2-5,9-11,14,20-25,30-33H,6-8,12-13H2,1H3/t20-,21+,22-,23?,24-,25+,26+,27-,28?/m1/s1. The second kappa shape index (κ2) is 6.77. The van der Waals surface area contributed by atoms with E-state index >= 15 is 0 Å². The van der Waals surface area contributed by atoms with E-state index in [0.29, 0.717) is 24.8 Å². The number of aliphatic hydroxyl groups excluding tert-OH is 4. The minimum absolute atomic E-state index is 0.0239. The Labute approximate surface area is 198 Å². The van der Waals surface area contributed by atoms with Crippen LogP contribution in [-0.4, -0.2) is 61.0 Å². The maximum absolute atomic E-state index is 11.5. The molecule has 6 heteroatoms. The fourth-order valence-electron chi connectivity index (χ4n) is 8.34. The van der Waals surface area contributed by atoms with Gasteiger partial charge in [0.1, 0.15) is 12.2 Å². The summed E-state index contributed by atoms with van der Waals surface area (Å²) in [4.78, 5) is 4.28. The Morgan fingerprint density at radius 2 is 1.88 bits per heavy atom. The minimum atomic E-state index is -1.19. The van der Waals surface area contributed by atoms with Crippen LogP contribution < -0.4 is 0 Å². The topological polar surface area (TPSA) is 103 Å². The first kappa shape index (κ1) is 21.2. The highest BCUT2D eigenvalue weighted by atomic mass is 16.5. The molecule has 2 unspecified atom stereocenters. The molecule has 0 amide bonds. The summed E-state index contributed by atoms with van der Waals surface area (Å²) in [5.41, 5.74) is 1.43. The number of hydrogen-bond donors (Lipinski definition) is 4. The van der Waals surface area contributed by atoms with Gasteiger partial charge in [-0.2, -0.15) is 0 Å². The zero-order chi connectivity index (χ0) is 23.5. The summed E-state index contributed by atoms with van der Waals surface area (Å²) in [5, 5.41) is 45.2. The van der Waals surface area contributed by atoms with Gasteiger partial charge in [0.25, 0.3) is 0 Å². The molecule has 6 nitrogen and oxygen atoms in total. The molecular weight excluding hydrogens is 430 g/mol. The number of rotatable bonds is 1. The van der Waals surface area contributed by atoms with E-state index < -0.39 is 35.6 Å². The molecular formula is C28H31NO5. The van der Waals surface area contributed by atoms with Gasteiger partial charge in [-0.05, 0) is 65.3 Å². The van der Waals surface area contributed by atoms with Gasteiger partial charge >= 0.3 is 0 Å². The smallest absolute Gasteiger partial charge is 0.110 e. The number of benzene rings is 1. The Balaban J connectivity index is 1.33. The zero-order valence-electron chi connectivity index (χ0n) is 19.3. The summed E-state index contributed by atoms with van der Waals surface area (Å²) >= 11 is 0. The Morgan fingerprint density at radius 3 is 2.74 bits per heavy atom. The molecule has 9 atom stereocenters. The van der Waals surface area contributed by atoms with Gasteiger partial charge in [0.2, 0.25) is 0 Å². The van der Waals surface area contributed by atoms with Crippen molar-refractivity contribution in [1.82, 2.24) is 4.98 Å². The van der Waals surface area contributed by atoms with Gasteiger partial charge in [0.15, 0.2) is 0 Å². The quantitative estimate of drug-likeness (QED) is 0.521. The summed E-state index contributed by atoms with van der Waals surface area (Å²) < 4.78 is 6.96. The highest BCUT2D eigenvalue weighted by molar-refractivity contribution is 5.82. The van der Waals surface area contributed by atoms with Crippen molar-refractivity contribution in [3.8, 4) is 0 Å². The van der Waals surface area contributed by atoms with Crippen molar-refractivity contribution >= 4 is 10.8 Å². The first-order chi connectivity index (χ1) is 16.3. The predicted octanol–water partition coefficient (Wildman–Crippen LogP) is 2.75. The second-order valence-electron chi connectivity index (χ2n) is 11.5. The van der Waals surface area contributed by atoms with Crippen LogP contribution in [0.3, 0.4) is 0 Å². The highest BCUT2D eigenvalue weighted by Gasteiger charge is 2.69. The van der Waals surface area contributed by atoms with Gasteiger partial charge in [-0.25, -0.2) is 0 Å². The van der Waals surface area contributed by atoms with E-state index in [1.54, 1.807) is 6.20 Å². The van der Waals surface area contributed by atoms with Crippen molar-refractivity contribution in [3.05, 3.63) is 65.5 Å². The van der Waals surface area contributed by atoms with Crippen molar-refractivity contribution in [3.63, 3.8) is 0 Å². The van der Waals surface area contributed by atoms with Crippen molar-refractivity contribution < 1.29 is 25.2 Å². The number of allylic oxidation sites excluding steroid dienone is 1. The van der Waals surface area contributed by atoms with Gasteiger partial charge in [0.05, 0.1) is 23.4 Å². The number of aliphatic hydroxyl groups is 4. The van der Waals surface area contributed by atoms with E-state index in [1.165, 1.54) is 0 Å². The molecule has 1 aromatic carbocycles. The van der Waals surface area contributed by atoms with E-state index in [-0.39, 0.29) is 17.3 Å². The molecule has 5 aliphatic rings. The van der Waals surface area contributed by atoms with Crippen LogP contribution in [0.15, 0.2) is 60.0 Å². The Hall–Kier alpha value is -2.09. The van der Waals surface area contributed by atoms with Crippen molar-refractivity contribution in [2.24, 2.45) is 11.3 Å². The lowest BCUT2D eigenvalue weighted by Gasteiger charge is -2.55. The van der Waals surface area contributed by atoms with Crippen LogP contribution in [0.4, 0.5) is 0 Å². The molecule has 2 spiro atoms. The first-order valence-electron chi connectivity index (χ1n) is 12.5. The number of nitrogens with zero attached hydrogens (tertiary/aromatic N) is 1. The van der Waals surface area contributed by atoms with Crippen LogP contribution in [0.1, 0.15) is 50.5 Å². The summed E-state index contributed by atoms with van der Waals surface area (Å²) in [6.07, 6.45) is 7.37. The van der Waals surface area contributed by atoms with Gasteiger partial charge in [-0.15, -0.1) is 0 Å². The van der Waals surface area contributed by atoms with Crippen LogP contribution in [0.2, 0.25) is 0 Å².